The highest BCUT2D eigenvalue weighted by atomic mass is 32.1. The maximum absolute atomic E-state index is 12.8. The first kappa shape index (κ1) is 26.4. The molecule has 0 aliphatic heterocycles. The average Bonchev–Trinajstić information content (AvgIpc) is 3.24. The Morgan fingerprint density at radius 3 is 2.60 bits per heavy atom. The molecule has 0 radical (unpaired) electrons. The van der Waals surface area contributed by atoms with Crippen LogP contribution in [0, 0.1) is 6.92 Å². The number of carbonyl (C=O) groups is 2. The molecule has 3 aromatic rings. The van der Waals surface area contributed by atoms with Gasteiger partial charge in [0.25, 0.3) is 11.8 Å². The lowest BCUT2D eigenvalue weighted by Gasteiger charge is -2.16. The second kappa shape index (κ2) is 12.5. The van der Waals surface area contributed by atoms with E-state index >= 15 is 0 Å². The molecule has 0 fully saturated rings. The van der Waals surface area contributed by atoms with Gasteiger partial charge in [-0.05, 0) is 67.3 Å². The van der Waals surface area contributed by atoms with E-state index in [9.17, 15) is 9.59 Å². The standard InChI is InChI=1S/C27H35N5O2S/c1-18(2)23-11-20(12-24(28)14-23)15-29-9-6-10-30-26(33)21-7-5-8-22(13-21)27(34)32(4)16-25-31-19(3)17-35-25/h5,7-8,11-14,17-18,29H,6,9-10,15-16,28H2,1-4H3,(H,30,33). The normalized spacial score (nSPS) is 11.0. The maximum atomic E-state index is 12.8. The summed E-state index contributed by atoms with van der Waals surface area (Å²) in [5.41, 5.74) is 11.1. The summed E-state index contributed by atoms with van der Waals surface area (Å²) in [5, 5.41) is 9.19. The molecule has 0 spiro atoms. The van der Waals surface area contributed by atoms with Crippen LogP contribution in [0.25, 0.3) is 0 Å². The van der Waals surface area contributed by atoms with Gasteiger partial charge in [0.15, 0.2) is 0 Å². The molecule has 0 atom stereocenters. The fourth-order valence-electron chi connectivity index (χ4n) is 3.69. The molecule has 3 rings (SSSR count). The van der Waals surface area contributed by atoms with E-state index in [-0.39, 0.29) is 11.8 Å². The van der Waals surface area contributed by atoms with E-state index in [1.165, 1.54) is 16.9 Å². The van der Waals surface area contributed by atoms with Crippen molar-refractivity contribution in [2.45, 2.75) is 46.2 Å². The van der Waals surface area contributed by atoms with E-state index < -0.39 is 0 Å². The molecule has 0 saturated heterocycles. The zero-order chi connectivity index (χ0) is 25.4. The summed E-state index contributed by atoms with van der Waals surface area (Å²) >= 11 is 1.53. The van der Waals surface area contributed by atoms with E-state index in [1.54, 1.807) is 36.2 Å². The third kappa shape index (κ3) is 7.90. The minimum atomic E-state index is -0.185. The van der Waals surface area contributed by atoms with E-state index in [0.29, 0.717) is 30.1 Å². The van der Waals surface area contributed by atoms with Crippen LogP contribution < -0.4 is 16.4 Å². The van der Waals surface area contributed by atoms with Gasteiger partial charge in [-0.15, -0.1) is 11.3 Å². The number of hydrogen-bond acceptors (Lipinski definition) is 6. The number of carbonyl (C=O) groups excluding carboxylic acids is 2. The van der Waals surface area contributed by atoms with Gasteiger partial charge in [-0.25, -0.2) is 4.98 Å². The van der Waals surface area contributed by atoms with Gasteiger partial charge >= 0.3 is 0 Å². The molecule has 8 heteroatoms. The van der Waals surface area contributed by atoms with Crippen molar-refractivity contribution < 1.29 is 9.59 Å². The maximum Gasteiger partial charge on any atom is 0.253 e. The summed E-state index contributed by atoms with van der Waals surface area (Å²) in [5.74, 6) is 0.109. The smallest absolute Gasteiger partial charge is 0.253 e. The molecule has 0 aliphatic rings. The van der Waals surface area contributed by atoms with Crippen LogP contribution in [0.1, 0.15) is 68.7 Å². The van der Waals surface area contributed by atoms with Crippen LogP contribution >= 0.6 is 11.3 Å². The Hall–Kier alpha value is -3.23. The molecule has 0 unspecified atom stereocenters. The number of anilines is 1. The number of aryl methyl sites for hydroxylation is 1. The van der Waals surface area contributed by atoms with Crippen LogP contribution in [0.3, 0.4) is 0 Å². The van der Waals surface area contributed by atoms with E-state index in [1.807, 2.05) is 24.4 Å². The molecular weight excluding hydrogens is 458 g/mol. The van der Waals surface area contributed by atoms with Crippen LogP contribution in [-0.4, -0.2) is 41.8 Å². The fraction of sp³-hybridized carbons (Fsp3) is 0.370. The topological polar surface area (TPSA) is 100 Å². The second-order valence-electron chi connectivity index (χ2n) is 9.07. The molecule has 7 nitrogen and oxygen atoms in total. The minimum absolute atomic E-state index is 0.140. The summed E-state index contributed by atoms with van der Waals surface area (Å²) in [6.45, 7) is 8.73. The van der Waals surface area contributed by atoms with E-state index in [4.69, 9.17) is 5.73 Å². The van der Waals surface area contributed by atoms with Gasteiger partial charge < -0.3 is 21.3 Å². The number of nitrogen functional groups attached to an aromatic ring is 1. The summed E-state index contributed by atoms with van der Waals surface area (Å²) in [6, 6.07) is 13.0. The Labute approximate surface area is 211 Å². The molecule has 1 heterocycles. The predicted molar refractivity (Wildman–Crippen MR) is 143 cm³/mol. The van der Waals surface area contributed by atoms with Crippen molar-refractivity contribution in [1.29, 1.82) is 0 Å². The first-order valence-corrected chi connectivity index (χ1v) is 12.8. The molecule has 4 N–H and O–H groups in total. The summed E-state index contributed by atoms with van der Waals surface area (Å²) < 4.78 is 0. The van der Waals surface area contributed by atoms with E-state index in [0.717, 1.165) is 41.5 Å². The van der Waals surface area contributed by atoms with Gasteiger partial charge in [0.1, 0.15) is 5.01 Å². The predicted octanol–water partition coefficient (Wildman–Crippen LogP) is 4.34. The Morgan fingerprint density at radius 1 is 1.11 bits per heavy atom. The van der Waals surface area contributed by atoms with E-state index in [2.05, 4.69) is 35.5 Å². The van der Waals surface area contributed by atoms with Gasteiger partial charge in [-0.2, -0.15) is 0 Å². The van der Waals surface area contributed by atoms with Gasteiger partial charge in [0, 0.05) is 48.0 Å². The summed E-state index contributed by atoms with van der Waals surface area (Å²) in [4.78, 5) is 31.4. The lowest BCUT2D eigenvalue weighted by Crippen LogP contribution is -2.28. The number of nitrogens with one attached hydrogen (secondary N) is 2. The Morgan fingerprint density at radius 2 is 1.89 bits per heavy atom. The van der Waals surface area contributed by atoms with Gasteiger partial charge in [0.05, 0.1) is 6.54 Å². The second-order valence-corrected chi connectivity index (χ2v) is 10.0. The lowest BCUT2D eigenvalue weighted by molar-refractivity contribution is 0.0785. The number of nitrogens with zero attached hydrogens (tertiary/aromatic N) is 2. The average molecular weight is 494 g/mol. The van der Waals surface area contributed by atoms with Crippen LogP contribution in [0.2, 0.25) is 0 Å². The molecule has 2 aromatic carbocycles. The summed E-state index contributed by atoms with van der Waals surface area (Å²) in [6.07, 6.45) is 0.791. The first-order valence-electron chi connectivity index (χ1n) is 11.9. The minimum Gasteiger partial charge on any atom is -0.399 e. The van der Waals surface area contributed by atoms with Crippen molar-refractivity contribution in [3.63, 3.8) is 0 Å². The molecule has 35 heavy (non-hydrogen) atoms. The fourth-order valence-corrected chi connectivity index (χ4v) is 4.52. The molecule has 0 aliphatic carbocycles. The highest BCUT2D eigenvalue weighted by Crippen LogP contribution is 2.20. The Balaban J connectivity index is 1.43. The third-order valence-electron chi connectivity index (χ3n) is 5.61. The molecule has 186 valence electrons. The molecule has 0 bridgehead atoms. The van der Waals surface area contributed by atoms with Crippen molar-refractivity contribution in [2.24, 2.45) is 0 Å². The number of aromatic nitrogens is 1. The number of rotatable bonds is 11. The van der Waals surface area contributed by atoms with Crippen molar-refractivity contribution in [3.8, 4) is 0 Å². The number of benzene rings is 2. The molecule has 1 aromatic heterocycles. The summed E-state index contributed by atoms with van der Waals surface area (Å²) in [7, 11) is 1.74. The zero-order valence-electron chi connectivity index (χ0n) is 20.9. The van der Waals surface area contributed by atoms with Crippen LogP contribution in [-0.2, 0) is 13.1 Å². The quantitative estimate of drug-likeness (QED) is 0.273. The first-order chi connectivity index (χ1) is 16.7. The van der Waals surface area contributed by atoms with Crippen molar-refractivity contribution in [3.05, 3.63) is 80.8 Å². The van der Waals surface area contributed by atoms with Crippen molar-refractivity contribution >= 4 is 28.8 Å². The van der Waals surface area contributed by atoms with Crippen LogP contribution in [0.5, 0.6) is 0 Å². The highest BCUT2D eigenvalue weighted by Gasteiger charge is 2.15. The van der Waals surface area contributed by atoms with Crippen LogP contribution in [0.15, 0.2) is 47.8 Å². The molecule has 0 saturated carbocycles. The monoisotopic (exact) mass is 493 g/mol. The molecular formula is C27H35N5O2S. The number of thiazole rings is 1. The number of hydrogen-bond donors (Lipinski definition) is 3. The molecule has 2 amide bonds. The third-order valence-corrected chi connectivity index (χ3v) is 6.56. The van der Waals surface area contributed by atoms with Crippen LogP contribution in [0.4, 0.5) is 5.69 Å². The lowest BCUT2D eigenvalue weighted by atomic mass is 10.00. The van der Waals surface area contributed by atoms with Crippen molar-refractivity contribution in [1.82, 2.24) is 20.5 Å². The highest BCUT2D eigenvalue weighted by molar-refractivity contribution is 7.09. The largest absolute Gasteiger partial charge is 0.399 e. The van der Waals surface area contributed by atoms with Gasteiger partial charge in [-0.1, -0.05) is 26.0 Å². The Bertz CT molecular complexity index is 1160. The number of nitrogens with two attached hydrogens (primary N) is 1. The SMILES string of the molecule is Cc1csc(CN(C)C(=O)c2cccc(C(=O)NCCCNCc3cc(N)cc(C(C)C)c3)c2)n1. The Kier molecular flexibility index (Phi) is 9.39. The van der Waals surface area contributed by atoms with Crippen molar-refractivity contribution in [2.75, 3.05) is 25.9 Å². The zero-order valence-corrected chi connectivity index (χ0v) is 21.7. The number of amides is 2. The van der Waals surface area contributed by atoms with Gasteiger partial charge in [-0.3, -0.25) is 9.59 Å². The van der Waals surface area contributed by atoms with Gasteiger partial charge in [0.2, 0.25) is 0 Å².